The molecular formula is C13H19FO7. The average Bonchev–Trinajstić information content (AvgIpc) is 2.35. The Bertz CT molecular complexity index is 411. The molecule has 2 unspecified atom stereocenters. The van der Waals surface area contributed by atoms with E-state index in [2.05, 4.69) is 0 Å². The van der Waals surface area contributed by atoms with E-state index in [-0.39, 0.29) is 6.61 Å². The van der Waals surface area contributed by atoms with Crippen molar-refractivity contribution >= 4 is 17.9 Å². The van der Waals surface area contributed by atoms with Crippen molar-refractivity contribution in [2.75, 3.05) is 6.61 Å². The predicted octanol–water partition coefficient (Wildman–Crippen LogP) is 0.538. The lowest BCUT2D eigenvalue weighted by Crippen LogP contribution is -2.59. The number of esters is 3. The van der Waals surface area contributed by atoms with Gasteiger partial charge in [0.2, 0.25) is 0 Å². The second-order valence-corrected chi connectivity index (χ2v) is 4.77. The maximum absolute atomic E-state index is 14.2. The van der Waals surface area contributed by atoms with Crippen LogP contribution in [0, 0.1) is 0 Å². The van der Waals surface area contributed by atoms with Crippen molar-refractivity contribution in [3.63, 3.8) is 0 Å². The van der Waals surface area contributed by atoms with Crippen LogP contribution >= 0.6 is 0 Å². The van der Waals surface area contributed by atoms with E-state index < -0.39 is 48.5 Å². The molecule has 1 saturated heterocycles. The lowest BCUT2D eigenvalue weighted by Gasteiger charge is -2.41. The molecule has 0 N–H and O–H groups in total. The molecule has 21 heavy (non-hydrogen) atoms. The lowest BCUT2D eigenvalue weighted by molar-refractivity contribution is -0.232. The zero-order chi connectivity index (χ0) is 16.2. The Labute approximate surface area is 121 Å². The van der Waals surface area contributed by atoms with Crippen LogP contribution in [0.1, 0.15) is 27.7 Å². The van der Waals surface area contributed by atoms with Gasteiger partial charge in [-0.15, -0.1) is 0 Å². The molecule has 5 atom stereocenters. The van der Waals surface area contributed by atoms with E-state index >= 15 is 0 Å². The first-order chi connectivity index (χ1) is 9.72. The summed E-state index contributed by atoms with van der Waals surface area (Å²) in [5.74, 6) is -1.95. The van der Waals surface area contributed by atoms with Gasteiger partial charge in [-0.2, -0.15) is 0 Å². The predicted molar refractivity (Wildman–Crippen MR) is 67.0 cm³/mol. The fourth-order valence-corrected chi connectivity index (χ4v) is 2.08. The summed E-state index contributed by atoms with van der Waals surface area (Å²) in [6.45, 7) is 4.68. The van der Waals surface area contributed by atoms with E-state index in [0.29, 0.717) is 0 Å². The first kappa shape index (κ1) is 17.4. The van der Waals surface area contributed by atoms with E-state index in [9.17, 15) is 18.8 Å². The van der Waals surface area contributed by atoms with Crippen molar-refractivity contribution in [1.82, 2.24) is 0 Å². The molecule has 0 saturated carbocycles. The Kier molecular flexibility index (Phi) is 6.07. The average molecular weight is 306 g/mol. The third-order valence-corrected chi connectivity index (χ3v) is 2.90. The Morgan fingerprint density at radius 1 is 1.00 bits per heavy atom. The zero-order valence-electron chi connectivity index (χ0n) is 12.3. The first-order valence-electron chi connectivity index (χ1n) is 6.49. The van der Waals surface area contributed by atoms with E-state index in [1.165, 1.54) is 13.8 Å². The SMILES string of the molecule is CC(=O)OCC1O[C@@H](C)[C@@H](F)C(OC(C)=O)[C@@H]1OC(C)=O. The molecule has 8 heteroatoms. The molecule has 0 radical (unpaired) electrons. The van der Waals surface area contributed by atoms with Crippen molar-refractivity contribution in [2.45, 2.75) is 58.3 Å². The molecule has 1 rings (SSSR count). The monoisotopic (exact) mass is 306 g/mol. The highest BCUT2D eigenvalue weighted by Gasteiger charge is 2.49. The summed E-state index contributed by atoms with van der Waals surface area (Å²) in [6, 6.07) is 0. The number of hydrogen-bond acceptors (Lipinski definition) is 7. The normalized spacial score (nSPS) is 32.1. The van der Waals surface area contributed by atoms with E-state index in [1.807, 2.05) is 0 Å². The fourth-order valence-electron chi connectivity index (χ4n) is 2.08. The Hall–Kier alpha value is -1.70. The number of halogens is 1. The van der Waals surface area contributed by atoms with Crippen molar-refractivity contribution < 1.29 is 37.7 Å². The molecule has 0 bridgehead atoms. The van der Waals surface area contributed by atoms with E-state index in [0.717, 1.165) is 13.8 Å². The number of ether oxygens (including phenoxy) is 4. The summed E-state index contributed by atoms with van der Waals surface area (Å²) in [4.78, 5) is 33.2. The minimum atomic E-state index is -1.66. The van der Waals surface area contributed by atoms with Crippen LogP contribution in [0.5, 0.6) is 0 Å². The summed E-state index contributed by atoms with van der Waals surface area (Å²) in [5.41, 5.74) is 0. The highest BCUT2D eigenvalue weighted by Crippen LogP contribution is 2.28. The largest absolute Gasteiger partial charge is 0.463 e. The molecule has 1 heterocycles. The summed E-state index contributed by atoms with van der Waals surface area (Å²) in [7, 11) is 0. The van der Waals surface area contributed by atoms with Crippen LogP contribution in [0.3, 0.4) is 0 Å². The quantitative estimate of drug-likeness (QED) is 0.553. The van der Waals surface area contributed by atoms with Gasteiger partial charge in [0.25, 0.3) is 0 Å². The van der Waals surface area contributed by atoms with Crippen molar-refractivity contribution in [3.05, 3.63) is 0 Å². The number of alkyl halides is 1. The number of hydrogen-bond donors (Lipinski definition) is 0. The van der Waals surface area contributed by atoms with Crippen LogP contribution in [-0.4, -0.2) is 55.1 Å². The maximum atomic E-state index is 14.2. The van der Waals surface area contributed by atoms with Gasteiger partial charge in [-0.05, 0) is 6.92 Å². The molecule has 120 valence electrons. The van der Waals surface area contributed by atoms with E-state index in [1.54, 1.807) is 0 Å². The van der Waals surface area contributed by atoms with Crippen LogP contribution in [0.15, 0.2) is 0 Å². The minimum absolute atomic E-state index is 0.234. The van der Waals surface area contributed by atoms with Crippen molar-refractivity contribution in [1.29, 1.82) is 0 Å². The Morgan fingerprint density at radius 2 is 1.52 bits per heavy atom. The molecule has 0 aliphatic carbocycles. The molecule has 1 aliphatic heterocycles. The molecule has 1 fully saturated rings. The molecule has 0 amide bonds. The van der Waals surface area contributed by atoms with E-state index in [4.69, 9.17) is 18.9 Å². The van der Waals surface area contributed by atoms with Crippen LogP contribution in [0.25, 0.3) is 0 Å². The van der Waals surface area contributed by atoms with Gasteiger partial charge in [-0.1, -0.05) is 0 Å². The molecule has 0 spiro atoms. The minimum Gasteiger partial charge on any atom is -0.463 e. The molecule has 1 aliphatic rings. The highest BCUT2D eigenvalue weighted by molar-refractivity contribution is 5.67. The third-order valence-electron chi connectivity index (χ3n) is 2.90. The van der Waals surface area contributed by atoms with Crippen LogP contribution in [0.2, 0.25) is 0 Å². The molecule has 7 nitrogen and oxygen atoms in total. The molecule has 0 aromatic heterocycles. The van der Waals surface area contributed by atoms with Gasteiger partial charge in [0.15, 0.2) is 18.4 Å². The van der Waals surface area contributed by atoms with Crippen LogP contribution in [-0.2, 0) is 33.3 Å². The van der Waals surface area contributed by atoms with Gasteiger partial charge < -0.3 is 18.9 Å². The first-order valence-corrected chi connectivity index (χ1v) is 6.49. The highest BCUT2D eigenvalue weighted by atomic mass is 19.1. The van der Waals surface area contributed by atoms with Gasteiger partial charge in [-0.3, -0.25) is 14.4 Å². The zero-order valence-corrected chi connectivity index (χ0v) is 12.3. The van der Waals surface area contributed by atoms with Gasteiger partial charge in [0.05, 0.1) is 6.10 Å². The summed E-state index contributed by atoms with van der Waals surface area (Å²) < 4.78 is 34.2. The fraction of sp³-hybridized carbons (Fsp3) is 0.769. The number of rotatable bonds is 4. The molecule has 0 aromatic carbocycles. The maximum Gasteiger partial charge on any atom is 0.303 e. The summed E-state index contributed by atoms with van der Waals surface area (Å²) >= 11 is 0. The number of carbonyl (C=O) groups excluding carboxylic acids is 3. The van der Waals surface area contributed by atoms with Crippen LogP contribution in [0.4, 0.5) is 4.39 Å². The third kappa shape index (κ3) is 4.96. The van der Waals surface area contributed by atoms with Gasteiger partial charge >= 0.3 is 17.9 Å². The number of carbonyl (C=O) groups is 3. The van der Waals surface area contributed by atoms with Gasteiger partial charge in [0.1, 0.15) is 12.7 Å². The lowest BCUT2D eigenvalue weighted by atomic mass is 9.96. The Morgan fingerprint density at radius 3 is 2.00 bits per heavy atom. The van der Waals surface area contributed by atoms with Crippen LogP contribution < -0.4 is 0 Å². The summed E-state index contributed by atoms with van der Waals surface area (Å²) in [6.07, 6.45) is -5.97. The van der Waals surface area contributed by atoms with Crippen molar-refractivity contribution in [3.8, 4) is 0 Å². The standard InChI is InChI=1S/C13H19FO7/c1-6-11(14)13(21-9(4)17)12(20-8(3)16)10(19-6)5-18-7(2)15/h6,10-13H,5H2,1-4H3/t6-,10?,11+,12+,13?/m0/s1. The smallest absolute Gasteiger partial charge is 0.303 e. The second-order valence-electron chi connectivity index (χ2n) is 4.77. The van der Waals surface area contributed by atoms with Gasteiger partial charge in [-0.25, -0.2) is 4.39 Å². The van der Waals surface area contributed by atoms with Gasteiger partial charge in [0, 0.05) is 20.8 Å². The second kappa shape index (κ2) is 7.35. The summed E-state index contributed by atoms with van der Waals surface area (Å²) in [5, 5.41) is 0. The molecule has 0 aromatic rings. The Balaban J connectivity index is 2.94. The van der Waals surface area contributed by atoms with Crippen molar-refractivity contribution in [2.24, 2.45) is 0 Å². The topological polar surface area (TPSA) is 88.1 Å². The molecular weight excluding hydrogens is 287 g/mol.